The average Bonchev–Trinajstić information content (AvgIpc) is 2.87. The summed E-state index contributed by atoms with van der Waals surface area (Å²) in [7, 11) is -3.43. The van der Waals surface area contributed by atoms with Crippen molar-refractivity contribution in [1.82, 2.24) is 5.32 Å². The van der Waals surface area contributed by atoms with Crippen molar-refractivity contribution in [1.29, 1.82) is 0 Å². The number of amides is 1. The predicted octanol–water partition coefficient (Wildman–Crippen LogP) is 6.21. The smallest absolute Gasteiger partial charge is 0.335 e. The van der Waals surface area contributed by atoms with E-state index in [2.05, 4.69) is 5.32 Å². The molecule has 0 spiro atoms. The molecule has 1 amide bonds. The number of nitrogens with one attached hydrogen (secondary N) is 1. The summed E-state index contributed by atoms with van der Waals surface area (Å²) in [5.74, 6) is -0.210. The number of rotatable bonds is 13. The van der Waals surface area contributed by atoms with E-state index < -0.39 is 13.6 Å². The fourth-order valence-electron chi connectivity index (χ4n) is 4.27. The molecule has 39 heavy (non-hydrogen) atoms. The van der Waals surface area contributed by atoms with Crippen LogP contribution in [0.15, 0.2) is 84.9 Å². The second-order valence-electron chi connectivity index (χ2n) is 9.86. The Labute approximate surface area is 237 Å². The van der Waals surface area contributed by atoms with Gasteiger partial charge in [0.25, 0.3) is 0 Å². The molecular weight excluding hydrogens is 529 g/mol. The number of anilines is 1. The van der Waals surface area contributed by atoms with E-state index in [1.54, 1.807) is 4.90 Å². The molecule has 0 aromatic heterocycles. The highest BCUT2D eigenvalue weighted by atomic mass is 32.1. The minimum Gasteiger partial charge on any atom is -0.376 e. The van der Waals surface area contributed by atoms with Crippen LogP contribution in [0.1, 0.15) is 44.4 Å². The van der Waals surface area contributed by atoms with Gasteiger partial charge in [0.05, 0.1) is 18.4 Å². The molecule has 0 aliphatic heterocycles. The third-order valence-corrected chi connectivity index (χ3v) is 8.18. The normalized spacial score (nSPS) is 12.4. The largest absolute Gasteiger partial charge is 0.376 e. The molecule has 0 aliphatic rings. The highest BCUT2D eigenvalue weighted by Gasteiger charge is 2.31. The second kappa shape index (κ2) is 14.4. The van der Waals surface area contributed by atoms with E-state index in [9.17, 15) is 9.36 Å². The van der Waals surface area contributed by atoms with Gasteiger partial charge in [-0.2, -0.15) is 0 Å². The van der Waals surface area contributed by atoms with Gasteiger partial charge in [0.2, 0.25) is 5.91 Å². The van der Waals surface area contributed by atoms with Crippen molar-refractivity contribution < 1.29 is 18.4 Å². The number of carbonyl (C=O) groups is 1. The molecule has 0 aliphatic carbocycles. The molecule has 7 nitrogen and oxygen atoms in total. The van der Waals surface area contributed by atoms with Crippen LogP contribution < -0.4 is 16.0 Å². The molecule has 1 unspecified atom stereocenters. The lowest BCUT2D eigenvalue weighted by Gasteiger charge is -2.32. The summed E-state index contributed by atoms with van der Waals surface area (Å²) < 4.78 is 25.0. The Hall–Kier alpha value is -3.03. The van der Waals surface area contributed by atoms with Crippen molar-refractivity contribution >= 4 is 36.5 Å². The maximum atomic E-state index is 13.6. The number of nitrogens with zero attached hydrogens (tertiary/aromatic N) is 1. The fraction of sp³-hybridized carbons (Fsp3) is 0.333. The van der Waals surface area contributed by atoms with E-state index in [1.165, 1.54) is 0 Å². The molecule has 208 valence electrons. The van der Waals surface area contributed by atoms with Crippen LogP contribution in [0.4, 0.5) is 5.69 Å². The molecule has 3 N–H and O–H groups in total. The van der Waals surface area contributed by atoms with Crippen molar-refractivity contribution in [2.45, 2.75) is 65.1 Å². The van der Waals surface area contributed by atoms with Crippen LogP contribution >= 0.6 is 19.8 Å². The Balaban J connectivity index is 1.94. The number of hydrogen-bond donors (Lipinski definition) is 2. The van der Waals surface area contributed by atoms with Crippen LogP contribution in [0.5, 0.6) is 0 Å². The number of benzene rings is 3. The van der Waals surface area contributed by atoms with Gasteiger partial charge in [0.1, 0.15) is 6.04 Å². The van der Waals surface area contributed by atoms with Gasteiger partial charge in [-0.15, -0.1) is 0 Å². The van der Waals surface area contributed by atoms with E-state index in [1.807, 2.05) is 113 Å². The Morgan fingerprint density at radius 3 is 1.95 bits per heavy atom. The zero-order chi connectivity index (χ0) is 28.4. The van der Waals surface area contributed by atoms with Crippen LogP contribution in [0, 0.1) is 0 Å². The van der Waals surface area contributed by atoms with Crippen LogP contribution in [0.25, 0.3) is 0 Å². The molecule has 0 heterocycles. The molecule has 3 rings (SSSR count). The Morgan fingerprint density at radius 1 is 0.872 bits per heavy atom. The molecule has 0 fully saturated rings. The van der Waals surface area contributed by atoms with Crippen molar-refractivity contribution in [2.75, 3.05) is 4.90 Å². The first-order chi connectivity index (χ1) is 18.6. The molecule has 3 aromatic carbocycles. The summed E-state index contributed by atoms with van der Waals surface area (Å²) in [5, 5.41) is 3.10. The maximum absolute atomic E-state index is 13.6. The molecule has 9 heteroatoms. The van der Waals surface area contributed by atoms with Gasteiger partial charge in [-0.3, -0.25) is 9.36 Å². The van der Waals surface area contributed by atoms with Gasteiger partial charge >= 0.3 is 7.60 Å². The van der Waals surface area contributed by atoms with Crippen LogP contribution in [-0.2, 0) is 37.5 Å². The average molecular weight is 568 g/mol. The van der Waals surface area contributed by atoms with E-state index in [-0.39, 0.29) is 29.4 Å². The number of nitrogens with two attached hydrogens (primary N) is 1. The van der Waals surface area contributed by atoms with Gasteiger partial charge in [-0.05, 0) is 68.7 Å². The van der Waals surface area contributed by atoms with Crippen molar-refractivity contribution in [3.63, 3.8) is 0 Å². The SMILES string of the molecule is CC(C)OP(=O)(Cc1cccc(N(C(N)=S)C(Cc2ccccc2)C(=O)NCc2ccccc2)c1)OC(C)C. The minimum atomic E-state index is -3.43. The van der Waals surface area contributed by atoms with Gasteiger partial charge in [0.15, 0.2) is 5.11 Å². The number of thiocarbonyl (C=S) groups is 1. The second-order valence-corrected chi connectivity index (χ2v) is 12.2. The first-order valence-electron chi connectivity index (χ1n) is 13.1. The summed E-state index contributed by atoms with van der Waals surface area (Å²) in [4.78, 5) is 15.3. The lowest BCUT2D eigenvalue weighted by atomic mass is 10.0. The van der Waals surface area contributed by atoms with Gasteiger partial charge in [0, 0.05) is 18.7 Å². The van der Waals surface area contributed by atoms with Crippen LogP contribution in [-0.4, -0.2) is 29.3 Å². The first-order valence-corrected chi connectivity index (χ1v) is 15.2. The van der Waals surface area contributed by atoms with Crippen LogP contribution in [0.3, 0.4) is 0 Å². The van der Waals surface area contributed by atoms with Crippen molar-refractivity contribution in [3.8, 4) is 0 Å². The monoisotopic (exact) mass is 567 g/mol. The first kappa shape index (κ1) is 30.5. The van der Waals surface area contributed by atoms with Crippen LogP contribution in [0.2, 0.25) is 0 Å². The zero-order valence-electron chi connectivity index (χ0n) is 22.9. The Morgan fingerprint density at radius 2 is 1.41 bits per heavy atom. The molecule has 0 radical (unpaired) electrons. The van der Waals surface area contributed by atoms with E-state index >= 15 is 0 Å². The topological polar surface area (TPSA) is 93.9 Å². The van der Waals surface area contributed by atoms with Gasteiger partial charge in [-0.25, -0.2) is 0 Å². The number of hydrogen-bond acceptors (Lipinski definition) is 5. The lowest BCUT2D eigenvalue weighted by Crippen LogP contribution is -2.52. The predicted molar refractivity (Wildman–Crippen MR) is 162 cm³/mol. The molecule has 3 aromatic rings. The molecule has 0 saturated heterocycles. The standard InChI is InChI=1S/C30H38N3O4PS/c1-22(2)36-38(35,37-23(3)4)21-26-16-11-17-27(18-26)33(30(31)39)28(19-24-12-7-5-8-13-24)29(34)32-20-25-14-9-6-10-15-25/h5-18,22-23,28H,19-21H2,1-4H3,(H2,31,39)(H,32,34). The van der Waals surface area contributed by atoms with Crippen molar-refractivity contribution in [3.05, 3.63) is 102 Å². The Kier molecular flexibility index (Phi) is 11.3. The summed E-state index contributed by atoms with van der Waals surface area (Å²) in [5.41, 5.74) is 9.55. The highest BCUT2D eigenvalue weighted by Crippen LogP contribution is 2.53. The molecule has 1 atom stereocenters. The number of carbonyl (C=O) groups excluding carboxylic acids is 1. The summed E-state index contributed by atoms with van der Waals surface area (Å²) in [6.45, 7) is 7.67. The third kappa shape index (κ3) is 9.59. The van der Waals surface area contributed by atoms with Gasteiger partial charge < -0.3 is 25.0 Å². The Bertz CT molecular complexity index is 1260. The van der Waals surface area contributed by atoms with E-state index in [0.29, 0.717) is 18.7 Å². The van der Waals surface area contributed by atoms with Gasteiger partial charge in [-0.1, -0.05) is 72.8 Å². The third-order valence-electron chi connectivity index (χ3n) is 5.74. The van der Waals surface area contributed by atoms with Crippen molar-refractivity contribution in [2.24, 2.45) is 5.73 Å². The summed E-state index contributed by atoms with van der Waals surface area (Å²) in [6, 6.07) is 26.1. The lowest BCUT2D eigenvalue weighted by molar-refractivity contribution is -0.122. The summed E-state index contributed by atoms with van der Waals surface area (Å²) in [6.07, 6.45) is -0.0794. The quantitative estimate of drug-likeness (QED) is 0.187. The molecule has 0 bridgehead atoms. The molecular formula is C30H38N3O4PS. The molecule has 0 saturated carbocycles. The zero-order valence-corrected chi connectivity index (χ0v) is 24.7. The van der Waals surface area contributed by atoms with E-state index in [4.69, 9.17) is 27.0 Å². The summed E-state index contributed by atoms with van der Waals surface area (Å²) >= 11 is 5.47. The fourth-order valence-corrected chi connectivity index (χ4v) is 6.63. The van der Waals surface area contributed by atoms with E-state index in [0.717, 1.165) is 16.7 Å². The highest BCUT2D eigenvalue weighted by molar-refractivity contribution is 7.80. The minimum absolute atomic E-state index is 0.0583. The maximum Gasteiger partial charge on any atom is 0.335 e.